The minimum atomic E-state index is -0.476. The molecule has 74 valence electrons. The average molecular weight is 184 g/mol. The fourth-order valence-corrected chi connectivity index (χ4v) is 1.69. The predicted octanol–water partition coefficient (Wildman–Crippen LogP) is 1.55. The van der Waals surface area contributed by atoms with Crippen LogP contribution < -0.4 is 0 Å². The number of hydrogen-bond donors (Lipinski definition) is 0. The molecular formula is C10H16O3. The molecule has 2 atom stereocenters. The van der Waals surface area contributed by atoms with Crippen molar-refractivity contribution in [1.82, 2.24) is 0 Å². The molecule has 3 heteroatoms. The minimum absolute atomic E-state index is 0.0530. The number of rotatable bonds is 2. The molecule has 0 amide bonds. The van der Waals surface area contributed by atoms with Crippen molar-refractivity contribution >= 4 is 11.8 Å². The maximum Gasteiger partial charge on any atom is 0.316 e. The number of ketones is 1. The fourth-order valence-electron chi connectivity index (χ4n) is 1.69. The number of ether oxygens (including phenoxy) is 1. The number of Topliss-reactive ketones (excluding diaryl/α,β-unsaturated/α-hetero) is 1. The summed E-state index contributed by atoms with van der Waals surface area (Å²) in [6, 6.07) is 0. The van der Waals surface area contributed by atoms with Crippen LogP contribution in [0.1, 0.15) is 33.1 Å². The van der Waals surface area contributed by atoms with Gasteiger partial charge < -0.3 is 4.74 Å². The molecule has 0 spiro atoms. The fraction of sp³-hybridized carbons (Fsp3) is 0.800. The summed E-state index contributed by atoms with van der Waals surface area (Å²) in [5, 5.41) is 0. The van der Waals surface area contributed by atoms with Crippen LogP contribution in [0, 0.1) is 11.8 Å². The van der Waals surface area contributed by atoms with Gasteiger partial charge in [0.2, 0.25) is 0 Å². The summed E-state index contributed by atoms with van der Waals surface area (Å²) in [5.74, 6) is -0.328. The number of hydrogen-bond acceptors (Lipinski definition) is 3. The van der Waals surface area contributed by atoms with Crippen LogP contribution in [0.15, 0.2) is 0 Å². The highest BCUT2D eigenvalue weighted by Crippen LogP contribution is 2.26. The van der Waals surface area contributed by atoms with Gasteiger partial charge in [0.15, 0.2) is 0 Å². The Morgan fingerprint density at radius 3 is 2.77 bits per heavy atom. The molecule has 1 fully saturated rings. The second-order valence-electron chi connectivity index (χ2n) is 3.66. The van der Waals surface area contributed by atoms with Gasteiger partial charge in [-0.05, 0) is 25.7 Å². The lowest BCUT2D eigenvalue weighted by molar-refractivity contribution is -0.153. The zero-order valence-corrected chi connectivity index (χ0v) is 8.21. The SMILES string of the molecule is CCOC(=O)[C@H]1CC[C@@H](C)CC1=O. The molecule has 0 aromatic heterocycles. The molecule has 3 nitrogen and oxygen atoms in total. The third kappa shape index (κ3) is 2.54. The predicted molar refractivity (Wildman–Crippen MR) is 48.1 cm³/mol. The van der Waals surface area contributed by atoms with Gasteiger partial charge in [-0.25, -0.2) is 0 Å². The molecular weight excluding hydrogens is 168 g/mol. The third-order valence-corrected chi connectivity index (χ3v) is 2.46. The molecule has 0 heterocycles. The lowest BCUT2D eigenvalue weighted by Gasteiger charge is -2.23. The quantitative estimate of drug-likeness (QED) is 0.483. The van der Waals surface area contributed by atoms with Crippen LogP contribution in [-0.4, -0.2) is 18.4 Å². The summed E-state index contributed by atoms with van der Waals surface area (Å²) in [4.78, 5) is 22.7. The molecule has 1 aliphatic carbocycles. The second kappa shape index (κ2) is 4.40. The zero-order chi connectivity index (χ0) is 9.84. The van der Waals surface area contributed by atoms with Crippen LogP contribution in [0.2, 0.25) is 0 Å². The maximum atomic E-state index is 11.4. The molecule has 1 aliphatic rings. The first kappa shape index (κ1) is 10.2. The van der Waals surface area contributed by atoms with Crippen LogP contribution in [0.25, 0.3) is 0 Å². The second-order valence-corrected chi connectivity index (χ2v) is 3.66. The van der Waals surface area contributed by atoms with E-state index in [4.69, 9.17) is 4.74 Å². The number of esters is 1. The Hall–Kier alpha value is -0.860. The monoisotopic (exact) mass is 184 g/mol. The first-order chi connectivity index (χ1) is 6.15. The van der Waals surface area contributed by atoms with Crippen molar-refractivity contribution in [3.8, 4) is 0 Å². The first-order valence-corrected chi connectivity index (χ1v) is 4.84. The van der Waals surface area contributed by atoms with Crippen LogP contribution >= 0.6 is 0 Å². The highest BCUT2D eigenvalue weighted by molar-refractivity contribution is 5.99. The molecule has 0 aromatic rings. The minimum Gasteiger partial charge on any atom is -0.465 e. The Morgan fingerprint density at radius 1 is 1.54 bits per heavy atom. The van der Waals surface area contributed by atoms with Crippen molar-refractivity contribution in [1.29, 1.82) is 0 Å². The van der Waals surface area contributed by atoms with Crippen molar-refractivity contribution in [2.75, 3.05) is 6.61 Å². The van der Waals surface area contributed by atoms with Gasteiger partial charge in [-0.3, -0.25) is 9.59 Å². The summed E-state index contributed by atoms with van der Waals surface area (Å²) in [6.07, 6.45) is 2.15. The topological polar surface area (TPSA) is 43.4 Å². The van der Waals surface area contributed by atoms with Crippen molar-refractivity contribution in [2.24, 2.45) is 11.8 Å². The van der Waals surface area contributed by atoms with Gasteiger partial charge in [0.25, 0.3) is 0 Å². The molecule has 0 unspecified atom stereocenters. The maximum absolute atomic E-state index is 11.4. The van der Waals surface area contributed by atoms with Gasteiger partial charge in [0, 0.05) is 6.42 Å². The summed E-state index contributed by atoms with van der Waals surface area (Å²) >= 11 is 0. The molecule has 0 aromatic carbocycles. The van der Waals surface area contributed by atoms with Gasteiger partial charge in [-0.1, -0.05) is 6.92 Å². The molecule has 0 radical (unpaired) electrons. The molecule has 0 saturated heterocycles. The van der Waals surface area contributed by atoms with E-state index in [1.807, 2.05) is 6.92 Å². The summed E-state index contributed by atoms with van der Waals surface area (Å²) in [5.41, 5.74) is 0. The van der Waals surface area contributed by atoms with E-state index in [1.165, 1.54) is 0 Å². The van der Waals surface area contributed by atoms with E-state index in [0.717, 1.165) is 6.42 Å². The van der Waals surface area contributed by atoms with E-state index in [0.29, 0.717) is 25.4 Å². The van der Waals surface area contributed by atoms with E-state index < -0.39 is 5.92 Å². The van der Waals surface area contributed by atoms with Crippen LogP contribution in [0.3, 0.4) is 0 Å². The summed E-state index contributed by atoms with van der Waals surface area (Å²) < 4.78 is 4.83. The summed E-state index contributed by atoms with van der Waals surface area (Å²) in [7, 11) is 0. The van der Waals surface area contributed by atoms with Crippen LogP contribution in [0.5, 0.6) is 0 Å². The Balaban J connectivity index is 2.51. The number of carbonyl (C=O) groups excluding carboxylic acids is 2. The summed E-state index contributed by atoms with van der Waals surface area (Å²) in [6.45, 7) is 4.16. The van der Waals surface area contributed by atoms with Gasteiger partial charge in [-0.15, -0.1) is 0 Å². The van der Waals surface area contributed by atoms with Gasteiger partial charge in [0.1, 0.15) is 11.7 Å². The molecule has 0 N–H and O–H groups in total. The van der Waals surface area contributed by atoms with Crippen molar-refractivity contribution in [2.45, 2.75) is 33.1 Å². The van der Waals surface area contributed by atoms with E-state index in [9.17, 15) is 9.59 Å². The molecule has 1 rings (SSSR count). The van der Waals surface area contributed by atoms with Crippen molar-refractivity contribution in [3.63, 3.8) is 0 Å². The Morgan fingerprint density at radius 2 is 2.23 bits per heavy atom. The lowest BCUT2D eigenvalue weighted by atomic mass is 9.82. The Kier molecular flexibility index (Phi) is 3.46. The lowest BCUT2D eigenvalue weighted by Crippen LogP contribution is -2.31. The van der Waals surface area contributed by atoms with E-state index in [2.05, 4.69) is 0 Å². The third-order valence-electron chi connectivity index (χ3n) is 2.46. The molecule has 13 heavy (non-hydrogen) atoms. The Labute approximate surface area is 78.5 Å². The zero-order valence-electron chi connectivity index (χ0n) is 8.21. The standard InChI is InChI=1S/C10H16O3/c1-3-13-10(12)8-5-4-7(2)6-9(8)11/h7-8H,3-6H2,1-2H3/t7-,8+/m1/s1. The van der Waals surface area contributed by atoms with E-state index >= 15 is 0 Å². The van der Waals surface area contributed by atoms with Crippen molar-refractivity contribution in [3.05, 3.63) is 0 Å². The highest BCUT2D eigenvalue weighted by Gasteiger charge is 2.32. The normalized spacial score (nSPS) is 28.6. The van der Waals surface area contributed by atoms with Gasteiger partial charge in [-0.2, -0.15) is 0 Å². The van der Waals surface area contributed by atoms with Crippen molar-refractivity contribution < 1.29 is 14.3 Å². The van der Waals surface area contributed by atoms with E-state index in [-0.39, 0.29) is 11.8 Å². The highest BCUT2D eigenvalue weighted by atomic mass is 16.5. The van der Waals surface area contributed by atoms with Gasteiger partial charge >= 0.3 is 5.97 Å². The molecule has 0 aliphatic heterocycles. The van der Waals surface area contributed by atoms with E-state index in [1.54, 1.807) is 6.92 Å². The Bertz CT molecular complexity index is 202. The smallest absolute Gasteiger partial charge is 0.316 e. The van der Waals surface area contributed by atoms with Crippen LogP contribution in [0.4, 0.5) is 0 Å². The molecule has 1 saturated carbocycles. The van der Waals surface area contributed by atoms with Gasteiger partial charge in [0.05, 0.1) is 6.61 Å². The first-order valence-electron chi connectivity index (χ1n) is 4.84. The number of carbonyl (C=O) groups is 2. The average Bonchev–Trinajstić information content (AvgIpc) is 2.04. The molecule has 0 bridgehead atoms. The largest absolute Gasteiger partial charge is 0.465 e. The van der Waals surface area contributed by atoms with Crippen LogP contribution in [-0.2, 0) is 14.3 Å².